The minimum atomic E-state index is 0.410. The molecule has 1 aromatic heterocycles. The fourth-order valence-corrected chi connectivity index (χ4v) is 2.88. The number of nitrogen functional groups attached to an aromatic ring is 1. The summed E-state index contributed by atoms with van der Waals surface area (Å²) >= 11 is 0. The Labute approximate surface area is 124 Å². The van der Waals surface area contributed by atoms with Crippen LogP contribution in [0.25, 0.3) is 0 Å². The lowest BCUT2D eigenvalue weighted by molar-refractivity contribution is 0.524. The van der Waals surface area contributed by atoms with Crippen LogP contribution >= 0.6 is 0 Å². The zero-order chi connectivity index (χ0) is 14.7. The normalized spacial score (nSPS) is 16.5. The molecule has 0 unspecified atom stereocenters. The Hall–Kier alpha value is -2.30. The minimum Gasteiger partial charge on any atom is -0.383 e. The summed E-state index contributed by atoms with van der Waals surface area (Å²) in [5.41, 5.74) is 14.0. The molecule has 0 amide bonds. The number of hydrogen-bond acceptors (Lipinski definition) is 3. The molecule has 4 N–H and O–H groups in total. The Morgan fingerprint density at radius 1 is 1.24 bits per heavy atom. The van der Waals surface area contributed by atoms with Crippen molar-refractivity contribution in [1.29, 1.82) is 0 Å². The molecule has 2 aromatic rings. The number of benzene rings is 1. The van der Waals surface area contributed by atoms with Crippen molar-refractivity contribution in [3.05, 3.63) is 47.9 Å². The van der Waals surface area contributed by atoms with E-state index >= 15 is 0 Å². The van der Waals surface area contributed by atoms with Crippen molar-refractivity contribution >= 4 is 11.7 Å². The topological polar surface area (TPSA) is 82.2 Å². The second-order valence-corrected chi connectivity index (χ2v) is 5.51. The number of rotatable bonds is 4. The van der Waals surface area contributed by atoms with Gasteiger partial charge in [0.2, 0.25) is 0 Å². The van der Waals surface area contributed by atoms with Gasteiger partial charge in [0.05, 0.1) is 12.9 Å². The van der Waals surface area contributed by atoms with Crippen LogP contribution in [0, 0.1) is 0 Å². The highest BCUT2D eigenvalue weighted by Crippen LogP contribution is 2.31. The Morgan fingerprint density at radius 3 is 2.67 bits per heavy atom. The van der Waals surface area contributed by atoms with Crippen molar-refractivity contribution < 1.29 is 0 Å². The van der Waals surface area contributed by atoms with E-state index in [2.05, 4.69) is 9.98 Å². The summed E-state index contributed by atoms with van der Waals surface area (Å²) in [5, 5.41) is 0. The monoisotopic (exact) mass is 283 g/mol. The predicted molar refractivity (Wildman–Crippen MR) is 85.0 cm³/mol. The summed E-state index contributed by atoms with van der Waals surface area (Å²) in [6.45, 7) is 0.544. The van der Waals surface area contributed by atoms with Gasteiger partial charge in [0.15, 0.2) is 0 Å². The fraction of sp³-hybridized carbons (Fsp3) is 0.375. The lowest BCUT2D eigenvalue weighted by atomic mass is 10.2. The number of hydrogen-bond donors (Lipinski definition) is 2. The van der Waals surface area contributed by atoms with Crippen molar-refractivity contribution in [2.24, 2.45) is 10.7 Å². The maximum absolute atomic E-state index is 6.19. The summed E-state index contributed by atoms with van der Waals surface area (Å²) in [6.07, 6.45) is 6.65. The third-order valence-corrected chi connectivity index (χ3v) is 4.07. The van der Waals surface area contributed by atoms with Crippen LogP contribution < -0.4 is 11.5 Å². The molecular weight excluding hydrogens is 262 g/mol. The van der Waals surface area contributed by atoms with Crippen molar-refractivity contribution in [1.82, 2.24) is 9.55 Å². The van der Waals surface area contributed by atoms with E-state index in [1.807, 2.05) is 34.9 Å². The summed E-state index contributed by atoms with van der Waals surface area (Å²) in [4.78, 5) is 8.76. The average Bonchev–Trinajstić information content (AvgIpc) is 3.15. The smallest absolute Gasteiger partial charge is 0.148 e. The largest absolute Gasteiger partial charge is 0.383 e. The first-order valence-electron chi connectivity index (χ1n) is 7.42. The number of aliphatic imine (C=N–C) groups is 1. The maximum atomic E-state index is 6.19. The third kappa shape index (κ3) is 2.91. The molecule has 0 bridgehead atoms. The Kier molecular flexibility index (Phi) is 3.90. The van der Waals surface area contributed by atoms with E-state index in [0.717, 1.165) is 5.56 Å². The number of imidazole rings is 1. The molecule has 110 valence electrons. The van der Waals surface area contributed by atoms with Gasteiger partial charge in [0.1, 0.15) is 17.3 Å². The van der Waals surface area contributed by atoms with Crippen LogP contribution in [-0.4, -0.2) is 15.4 Å². The average molecular weight is 283 g/mol. The molecule has 3 rings (SSSR count). The highest BCUT2D eigenvalue weighted by molar-refractivity contribution is 5.99. The van der Waals surface area contributed by atoms with Gasteiger partial charge in [-0.1, -0.05) is 43.2 Å². The van der Waals surface area contributed by atoms with Crippen LogP contribution in [0.2, 0.25) is 0 Å². The standard InChI is InChI=1S/C16H21N5/c17-15(19-10-12-6-2-1-3-7-12)14-16(18)21(11-20-14)13-8-4-5-9-13/h1-3,6-7,11,13H,4-5,8-10,18H2,(H2,17,19). The predicted octanol–water partition coefficient (Wildman–Crippen LogP) is 2.49. The molecule has 1 fully saturated rings. The van der Waals surface area contributed by atoms with Crippen LogP contribution in [0.1, 0.15) is 43.0 Å². The van der Waals surface area contributed by atoms with E-state index in [0.29, 0.717) is 29.9 Å². The van der Waals surface area contributed by atoms with Crippen molar-refractivity contribution in [3.8, 4) is 0 Å². The van der Waals surface area contributed by atoms with Crippen LogP contribution in [0.4, 0.5) is 5.82 Å². The van der Waals surface area contributed by atoms with Gasteiger partial charge in [0.25, 0.3) is 0 Å². The molecule has 21 heavy (non-hydrogen) atoms. The van der Waals surface area contributed by atoms with Crippen molar-refractivity contribution in [2.75, 3.05) is 5.73 Å². The Bertz CT molecular complexity index is 623. The molecule has 1 saturated carbocycles. The number of anilines is 1. The molecule has 0 atom stereocenters. The van der Waals surface area contributed by atoms with Gasteiger partial charge in [-0.25, -0.2) is 4.98 Å². The van der Waals surface area contributed by atoms with Crippen LogP contribution in [-0.2, 0) is 6.54 Å². The van der Waals surface area contributed by atoms with Crippen molar-refractivity contribution in [2.45, 2.75) is 38.3 Å². The number of nitrogens with two attached hydrogens (primary N) is 2. The van der Waals surface area contributed by atoms with Gasteiger partial charge >= 0.3 is 0 Å². The Balaban J connectivity index is 1.77. The van der Waals surface area contributed by atoms with Gasteiger partial charge < -0.3 is 16.0 Å². The number of amidine groups is 1. The third-order valence-electron chi connectivity index (χ3n) is 4.07. The SMILES string of the molecule is NC(=NCc1ccccc1)c1ncn(C2CCCC2)c1N. The van der Waals surface area contributed by atoms with E-state index in [4.69, 9.17) is 11.5 Å². The molecule has 0 aliphatic heterocycles. The zero-order valence-corrected chi connectivity index (χ0v) is 12.1. The number of nitrogens with zero attached hydrogens (tertiary/aromatic N) is 3. The highest BCUT2D eigenvalue weighted by atomic mass is 15.1. The van der Waals surface area contributed by atoms with E-state index < -0.39 is 0 Å². The van der Waals surface area contributed by atoms with Gasteiger partial charge in [-0.2, -0.15) is 0 Å². The first kappa shape index (κ1) is 13.7. The van der Waals surface area contributed by atoms with Crippen LogP contribution in [0.3, 0.4) is 0 Å². The van der Waals surface area contributed by atoms with E-state index in [1.54, 1.807) is 6.33 Å². The lowest BCUT2D eigenvalue weighted by Crippen LogP contribution is -2.17. The van der Waals surface area contributed by atoms with Crippen LogP contribution in [0.5, 0.6) is 0 Å². The lowest BCUT2D eigenvalue weighted by Gasteiger charge is -2.12. The molecule has 5 nitrogen and oxygen atoms in total. The van der Waals surface area contributed by atoms with Gasteiger partial charge in [-0.3, -0.25) is 4.99 Å². The number of aromatic nitrogens is 2. The first-order valence-corrected chi connectivity index (χ1v) is 7.42. The molecule has 0 radical (unpaired) electrons. The minimum absolute atomic E-state index is 0.410. The fourth-order valence-electron chi connectivity index (χ4n) is 2.88. The van der Waals surface area contributed by atoms with Gasteiger partial charge in [-0.15, -0.1) is 0 Å². The van der Waals surface area contributed by atoms with E-state index in [-0.39, 0.29) is 0 Å². The van der Waals surface area contributed by atoms with Crippen LogP contribution in [0.15, 0.2) is 41.7 Å². The zero-order valence-electron chi connectivity index (χ0n) is 12.1. The molecule has 1 heterocycles. The summed E-state index contributed by atoms with van der Waals surface area (Å²) in [7, 11) is 0. The summed E-state index contributed by atoms with van der Waals surface area (Å²) < 4.78 is 2.05. The molecule has 0 saturated heterocycles. The van der Waals surface area contributed by atoms with Crippen molar-refractivity contribution in [3.63, 3.8) is 0 Å². The second-order valence-electron chi connectivity index (χ2n) is 5.51. The highest BCUT2D eigenvalue weighted by Gasteiger charge is 2.21. The molecule has 1 aliphatic rings. The summed E-state index contributed by atoms with van der Waals surface area (Å²) in [5.74, 6) is 1.05. The quantitative estimate of drug-likeness (QED) is 0.668. The second kappa shape index (κ2) is 5.99. The molecule has 0 spiro atoms. The molecular formula is C16H21N5. The molecule has 1 aromatic carbocycles. The van der Waals surface area contributed by atoms with Gasteiger partial charge in [-0.05, 0) is 18.4 Å². The maximum Gasteiger partial charge on any atom is 0.148 e. The van der Waals surface area contributed by atoms with E-state index in [9.17, 15) is 0 Å². The molecule has 1 aliphatic carbocycles. The van der Waals surface area contributed by atoms with Gasteiger partial charge in [0, 0.05) is 6.04 Å². The Morgan fingerprint density at radius 2 is 1.95 bits per heavy atom. The van der Waals surface area contributed by atoms with E-state index in [1.165, 1.54) is 25.7 Å². The summed E-state index contributed by atoms with van der Waals surface area (Å²) in [6, 6.07) is 10.5. The molecule has 5 heteroatoms. The first-order chi connectivity index (χ1) is 10.3.